The highest BCUT2D eigenvalue weighted by Crippen LogP contribution is 2.21. The summed E-state index contributed by atoms with van der Waals surface area (Å²) >= 11 is 5.79. The van der Waals surface area contributed by atoms with Gasteiger partial charge in [-0.2, -0.15) is 0 Å². The molecule has 0 unspecified atom stereocenters. The number of nitrogens with one attached hydrogen (secondary N) is 1. The Morgan fingerprint density at radius 1 is 1.37 bits per heavy atom. The molecule has 1 aromatic carbocycles. The normalized spacial score (nSPS) is 10.3. The molecule has 0 radical (unpaired) electrons. The van der Waals surface area contributed by atoms with E-state index in [9.17, 15) is 13.6 Å². The first-order chi connectivity index (χ1) is 8.99. The van der Waals surface area contributed by atoms with Gasteiger partial charge in [-0.25, -0.2) is 13.8 Å². The van der Waals surface area contributed by atoms with Crippen molar-refractivity contribution in [2.24, 2.45) is 0 Å². The predicted octanol–water partition coefficient (Wildman–Crippen LogP) is 2.85. The Labute approximate surface area is 112 Å². The maximum absolute atomic E-state index is 13.6. The van der Waals surface area contributed by atoms with Crippen LogP contribution >= 0.6 is 11.6 Å². The Morgan fingerprint density at radius 3 is 2.79 bits per heavy atom. The zero-order valence-electron chi connectivity index (χ0n) is 9.45. The van der Waals surface area contributed by atoms with Gasteiger partial charge in [0.05, 0.1) is 16.3 Å². The minimum atomic E-state index is -0.994. The lowest BCUT2D eigenvalue weighted by atomic mass is 10.1. The number of halogens is 3. The number of nitrogens with zero attached hydrogens (tertiary/aromatic N) is 1. The van der Waals surface area contributed by atoms with E-state index in [0.717, 1.165) is 12.1 Å². The van der Waals surface area contributed by atoms with Crippen LogP contribution in [-0.2, 0) is 0 Å². The third kappa shape index (κ3) is 2.79. The molecule has 7 heteroatoms. The van der Waals surface area contributed by atoms with Crippen molar-refractivity contribution in [3.05, 3.63) is 52.7 Å². The molecule has 2 rings (SSSR count). The number of amides is 1. The van der Waals surface area contributed by atoms with Crippen LogP contribution in [0.25, 0.3) is 0 Å². The smallest absolute Gasteiger partial charge is 0.260 e. The van der Waals surface area contributed by atoms with E-state index in [2.05, 4.69) is 10.3 Å². The zero-order chi connectivity index (χ0) is 14.0. The maximum Gasteiger partial charge on any atom is 0.260 e. The molecule has 0 atom stereocenters. The molecular formula is C12H8ClF2N3O. The molecule has 1 aromatic heterocycles. The quantitative estimate of drug-likeness (QED) is 0.833. The summed E-state index contributed by atoms with van der Waals surface area (Å²) in [5, 5.41) is 2.46. The van der Waals surface area contributed by atoms with Crippen LogP contribution in [0.15, 0.2) is 30.5 Å². The fraction of sp³-hybridized carbons (Fsp3) is 0. The molecular weight excluding hydrogens is 276 g/mol. The van der Waals surface area contributed by atoms with E-state index in [1.165, 1.54) is 12.3 Å². The Morgan fingerprint density at radius 2 is 2.11 bits per heavy atom. The number of hydrogen-bond acceptors (Lipinski definition) is 3. The van der Waals surface area contributed by atoms with E-state index >= 15 is 0 Å². The fourth-order valence-electron chi connectivity index (χ4n) is 1.43. The zero-order valence-corrected chi connectivity index (χ0v) is 10.2. The Kier molecular flexibility index (Phi) is 3.62. The average molecular weight is 284 g/mol. The number of benzene rings is 1. The Bertz CT molecular complexity index is 649. The third-order valence-electron chi connectivity index (χ3n) is 2.30. The summed E-state index contributed by atoms with van der Waals surface area (Å²) < 4.78 is 26.7. The summed E-state index contributed by atoms with van der Waals surface area (Å²) in [6, 6.07) is 4.61. The molecule has 0 saturated heterocycles. The summed E-state index contributed by atoms with van der Waals surface area (Å²) in [5.74, 6) is -2.64. The number of carbonyl (C=O) groups excluding carboxylic acids is 1. The van der Waals surface area contributed by atoms with Crippen LogP contribution in [0.3, 0.4) is 0 Å². The second kappa shape index (κ2) is 5.19. The van der Waals surface area contributed by atoms with Crippen LogP contribution in [0.5, 0.6) is 0 Å². The highest BCUT2D eigenvalue weighted by Gasteiger charge is 2.17. The molecule has 0 bridgehead atoms. The number of nitrogens with two attached hydrogens (primary N) is 1. The molecule has 4 nitrogen and oxygen atoms in total. The Balaban J connectivity index is 2.33. The number of aromatic nitrogens is 1. The fourth-order valence-corrected chi connectivity index (χ4v) is 1.60. The van der Waals surface area contributed by atoms with Crippen molar-refractivity contribution < 1.29 is 13.6 Å². The summed E-state index contributed by atoms with van der Waals surface area (Å²) in [6.07, 6.45) is 1.40. The van der Waals surface area contributed by atoms with Gasteiger partial charge in [0.1, 0.15) is 5.82 Å². The molecule has 2 aromatic rings. The Hall–Kier alpha value is -2.21. The van der Waals surface area contributed by atoms with E-state index in [0.29, 0.717) is 0 Å². The van der Waals surface area contributed by atoms with Crippen LogP contribution in [0.2, 0.25) is 5.02 Å². The van der Waals surface area contributed by atoms with Crippen LogP contribution < -0.4 is 11.1 Å². The van der Waals surface area contributed by atoms with Gasteiger partial charge in [0, 0.05) is 6.20 Å². The molecule has 19 heavy (non-hydrogen) atoms. The van der Waals surface area contributed by atoms with Gasteiger partial charge in [-0.1, -0.05) is 11.6 Å². The SMILES string of the molecule is Nc1cc(F)cc(C(=O)Nc2ncccc2Cl)c1F. The van der Waals surface area contributed by atoms with E-state index < -0.39 is 28.8 Å². The van der Waals surface area contributed by atoms with Crippen LogP contribution in [0.1, 0.15) is 10.4 Å². The first-order valence-electron chi connectivity index (χ1n) is 5.15. The molecule has 0 spiro atoms. The van der Waals surface area contributed by atoms with E-state index in [1.54, 1.807) is 6.07 Å². The lowest BCUT2D eigenvalue weighted by molar-refractivity contribution is 0.102. The van der Waals surface area contributed by atoms with Crippen molar-refractivity contribution in [3.8, 4) is 0 Å². The van der Waals surface area contributed by atoms with Gasteiger partial charge in [0.15, 0.2) is 11.6 Å². The highest BCUT2D eigenvalue weighted by molar-refractivity contribution is 6.33. The van der Waals surface area contributed by atoms with Crippen LogP contribution in [-0.4, -0.2) is 10.9 Å². The number of rotatable bonds is 2. The van der Waals surface area contributed by atoms with E-state index in [4.69, 9.17) is 17.3 Å². The van der Waals surface area contributed by atoms with Crippen LogP contribution in [0.4, 0.5) is 20.3 Å². The first kappa shape index (κ1) is 13.2. The minimum absolute atomic E-state index is 0.0522. The van der Waals surface area contributed by atoms with E-state index in [1.807, 2.05) is 0 Å². The van der Waals surface area contributed by atoms with Gasteiger partial charge < -0.3 is 11.1 Å². The summed E-state index contributed by atoms with van der Waals surface area (Å²) in [4.78, 5) is 15.6. The van der Waals surface area contributed by atoms with Crippen molar-refractivity contribution in [1.82, 2.24) is 4.98 Å². The molecule has 0 aliphatic carbocycles. The number of nitrogen functional groups attached to an aromatic ring is 1. The number of hydrogen-bond donors (Lipinski definition) is 2. The molecule has 0 fully saturated rings. The standard InChI is InChI=1S/C12H8ClF2N3O/c13-8-2-1-3-17-11(8)18-12(19)7-4-6(14)5-9(16)10(7)15/h1-5H,16H2,(H,17,18,19). The van der Waals surface area contributed by atoms with Gasteiger partial charge in [-0.15, -0.1) is 0 Å². The molecule has 1 amide bonds. The van der Waals surface area contributed by atoms with Crippen molar-refractivity contribution in [1.29, 1.82) is 0 Å². The molecule has 0 saturated carbocycles. The average Bonchev–Trinajstić information content (AvgIpc) is 2.36. The maximum atomic E-state index is 13.6. The molecule has 0 aliphatic heterocycles. The molecule has 1 heterocycles. The van der Waals surface area contributed by atoms with Crippen molar-refractivity contribution in [3.63, 3.8) is 0 Å². The second-order valence-corrected chi connectivity index (χ2v) is 4.05. The molecule has 3 N–H and O–H groups in total. The van der Waals surface area contributed by atoms with Crippen molar-refractivity contribution >= 4 is 29.0 Å². The van der Waals surface area contributed by atoms with Gasteiger partial charge >= 0.3 is 0 Å². The predicted molar refractivity (Wildman–Crippen MR) is 68.0 cm³/mol. The van der Waals surface area contributed by atoms with Gasteiger partial charge in [0.25, 0.3) is 5.91 Å². The third-order valence-corrected chi connectivity index (χ3v) is 2.61. The number of carbonyl (C=O) groups is 1. The molecule has 0 aliphatic rings. The van der Waals surface area contributed by atoms with Gasteiger partial charge in [0.2, 0.25) is 0 Å². The minimum Gasteiger partial charge on any atom is -0.396 e. The van der Waals surface area contributed by atoms with Crippen LogP contribution in [0, 0.1) is 11.6 Å². The summed E-state index contributed by atoms with van der Waals surface area (Å²) in [7, 11) is 0. The van der Waals surface area contributed by atoms with E-state index in [-0.39, 0.29) is 10.8 Å². The van der Waals surface area contributed by atoms with Crippen molar-refractivity contribution in [2.45, 2.75) is 0 Å². The summed E-state index contributed by atoms with van der Waals surface area (Å²) in [5.41, 5.74) is 4.28. The monoisotopic (exact) mass is 283 g/mol. The van der Waals surface area contributed by atoms with Crippen molar-refractivity contribution in [2.75, 3.05) is 11.1 Å². The van der Waals surface area contributed by atoms with Gasteiger partial charge in [-0.05, 0) is 24.3 Å². The number of anilines is 2. The lowest BCUT2D eigenvalue weighted by Crippen LogP contribution is -2.16. The molecule has 98 valence electrons. The largest absolute Gasteiger partial charge is 0.396 e. The lowest BCUT2D eigenvalue weighted by Gasteiger charge is -2.08. The second-order valence-electron chi connectivity index (χ2n) is 3.64. The van der Waals surface area contributed by atoms with Gasteiger partial charge in [-0.3, -0.25) is 4.79 Å². The topological polar surface area (TPSA) is 68.0 Å². The number of pyridine rings is 1. The summed E-state index contributed by atoms with van der Waals surface area (Å²) in [6.45, 7) is 0. The first-order valence-corrected chi connectivity index (χ1v) is 5.53. The highest BCUT2D eigenvalue weighted by atomic mass is 35.5.